The van der Waals surface area contributed by atoms with Gasteiger partial charge in [-0.05, 0) is 5.56 Å². The number of nitrogens with two attached hydrogens (primary N) is 1. The van der Waals surface area contributed by atoms with Gasteiger partial charge in [-0.1, -0.05) is 30.3 Å². The molecule has 1 aliphatic rings. The minimum Gasteiger partial charge on any atom is -0.445 e. The van der Waals surface area contributed by atoms with Crippen molar-refractivity contribution < 1.29 is 13.9 Å². The highest BCUT2D eigenvalue weighted by molar-refractivity contribution is 5.69. The number of hydrogen-bond donors (Lipinski definition) is 1. The van der Waals surface area contributed by atoms with E-state index in [4.69, 9.17) is 10.5 Å². The summed E-state index contributed by atoms with van der Waals surface area (Å²) in [4.78, 5) is 12.8. The van der Waals surface area contributed by atoms with E-state index in [0.717, 1.165) is 5.56 Å². The average Bonchev–Trinajstić information content (AvgIpc) is 2.33. The van der Waals surface area contributed by atoms with Crippen molar-refractivity contribution >= 4 is 6.09 Å². The molecule has 2 rings (SSSR count). The van der Waals surface area contributed by atoms with Crippen molar-refractivity contribution in [3.8, 4) is 0 Å². The number of amides is 1. The Morgan fingerprint density at radius 1 is 1.41 bits per heavy atom. The second-order valence-corrected chi connectivity index (χ2v) is 4.25. The number of alkyl halides is 1. The summed E-state index contributed by atoms with van der Waals surface area (Å²) >= 11 is 0. The Bertz CT molecular complexity index is 391. The normalized spacial score (nSPS) is 17.4. The zero-order chi connectivity index (χ0) is 12.3. The van der Waals surface area contributed by atoms with Crippen molar-refractivity contribution in [3.63, 3.8) is 0 Å². The molecule has 0 bridgehead atoms. The third-order valence-corrected chi connectivity index (χ3v) is 2.78. The van der Waals surface area contributed by atoms with Gasteiger partial charge in [-0.3, -0.25) is 0 Å². The van der Waals surface area contributed by atoms with Crippen LogP contribution in [0.15, 0.2) is 30.3 Å². The molecular formula is C12H15FN2O2. The zero-order valence-corrected chi connectivity index (χ0v) is 9.43. The Morgan fingerprint density at radius 2 is 2.06 bits per heavy atom. The summed E-state index contributed by atoms with van der Waals surface area (Å²) in [6.45, 7) is 0.196. The van der Waals surface area contributed by atoms with Gasteiger partial charge < -0.3 is 15.4 Å². The van der Waals surface area contributed by atoms with Crippen molar-refractivity contribution in [3.05, 3.63) is 35.9 Å². The number of rotatable bonds is 3. The largest absolute Gasteiger partial charge is 0.445 e. The number of halogens is 1. The third kappa shape index (κ3) is 2.74. The Labute approximate surface area is 99.2 Å². The van der Waals surface area contributed by atoms with Gasteiger partial charge in [0.1, 0.15) is 6.61 Å². The molecule has 1 aromatic rings. The Hall–Kier alpha value is -1.62. The molecule has 0 radical (unpaired) electrons. The van der Waals surface area contributed by atoms with Gasteiger partial charge in [-0.2, -0.15) is 0 Å². The highest BCUT2D eigenvalue weighted by atomic mass is 19.1. The van der Waals surface area contributed by atoms with Crippen LogP contribution in [0.3, 0.4) is 0 Å². The number of carbonyl (C=O) groups is 1. The number of likely N-dealkylation sites (tertiary alicyclic amines) is 1. The second kappa shape index (κ2) is 4.71. The number of carbonyl (C=O) groups excluding carboxylic acids is 1. The van der Waals surface area contributed by atoms with Crippen LogP contribution in [0.5, 0.6) is 0 Å². The van der Waals surface area contributed by atoms with E-state index < -0.39 is 11.8 Å². The lowest BCUT2D eigenvalue weighted by atomic mass is 9.97. The van der Waals surface area contributed by atoms with Crippen molar-refractivity contribution in [1.29, 1.82) is 0 Å². The minimum absolute atomic E-state index is 0.0249. The summed E-state index contributed by atoms with van der Waals surface area (Å²) in [6.07, 6.45) is -0.490. The standard InChI is InChI=1S/C12H15FN2O2/c13-12(7-14)8-15(9-12)11(16)17-6-10-4-2-1-3-5-10/h1-5H,6-9,14H2. The summed E-state index contributed by atoms with van der Waals surface area (Å²) in [5.41, 5.74) is 4.73. The average molecular weight is 238 g/mol. The highest BCUT2D eigenvalue weighted by Crippen LogP contribution is 2.24. The van der Waals surface area contributed by atoms with E-state index in [9.17, 15) is 9.18 Å². The first kappa shape index (κ1) is 11.9. The topological polar surface area (TPSA) is 55.6 Å². The maximum Gasteiger partial charge on any atom is 0.410 e. The van der Waals surface area contributed by atoms with E-state index in [1.165, 1.54) is 4.90 Å². The number of hydrogen-bond acceptors (Lipinski definition) is 3. The number of benzene rings is 1. The smallest absolute Gasteiger partial charge is 0.410 e. The second-order valence-electron chi connectivity index (χ2n) is 4.25. The molecule has 4 nitrogen and oxygen atoms in total. The molecule has 1 aliphatic heterocycles. The van der Waals surface area contributed by atoms with Gasteiger partial charge in [-0.15, -0.1) is 0 Å². The van der Waals surface area contributed by atoms with E-state index in [2.05, 4.69) is 0 Å². The van der Waals surface area contributed by atoms with Crippen LogP contribution >= 0.6 is 0 Å². The first-order valence-electron chi connectivity index (χ1n) is 5.48. The first-order chi connectivity index (χ1) is 8.13. The molecule has 1 saturated heterocycles. The van der Waals surface area contributed by atoms with Crippen LogP contribution in [-0.4, -0.2) is 36.3 Å². The molecule has 2 N–H and O–H groups in total. The van der Waals surface area contributed by atoms with Gasteiger partial charge in [-0.25, -0.2) is 9.18 Å². The molecule has 1 amide bonds. The summed E-state index contributed by atoms with van der Waals surface area (Å²) in [5, 5.41) is 0. The van der Waals surface area contributed by atoms with E-state index in [1.807, 2.05) is 30.3 Å². The van der Waals surface area contributed by atoms with Gasteiger partial charge in [0.05, 0.1) is 13.1 Å². The lowest BCUT2D eigenvalue weighted by Gasteiger charge is -2.42. The SMILES string of the molecule is NCC1(F)CN(C(=O)OCc2ccccc2)C1. The molecule has 0 unspecified atom stereocenters. The van der Waals surface area contributed by atoms with Crippen LogP contribution in [0.2, 0.25) is 0 Å². The monoisotopic (exact) mass is 238 g/mol. The van der Waals surface area contributed by atoms with Gasteiger partial charge >= 0.3 is 6.09 Å². The fourth-order valence-electron chi connectivity index (χ4n) is 1.71. The molecule has 0 aliphatic carbocycles. The van der Waals surface area contributed by atoms with Gasteiger partial charge in [0.15, 0.2) is 5.67 Å². The van der Waals surface area contributed by atoms with Crippen LogP contribution in [0, 0.1) is 0 Å². The van der Waals surface area contributed by atoms with Gasteiger partial charge in [0.2, 0.25) is 0 Å². The quantitative estimate of drug-likeness (QED) is 0.863. The number of nitrogens with zero attached hydrogens (tertiary/aromatic N) is 1. The maximum atomic E-state index is 13.4. The van der Waals surface area contributed by atoms with Gasteiger partial charge in [0.25, 0.3) is 0 Å². The van der Waals surface area contributed by atoms with Crippen molar-refractivity contribution in [1.82, 2.24) is 4.90 Å². The van der Waals surface area contributed by atoms with Crippen molar-refractivity contribution in [2.75, 3.05) is 19.6 Å². The zero-order valence-electron chi connectivity index (χ0n) is 9.43. The minimum atomic E-state index is -1.42. The first-order valence-corrected chi connectivity index (χ1v) is 5.48. The molecule has 0 saturated carbocycles. The molecule has 0 atom stereocenters. The Morgan fingerprint density at radius 3 is 2.65 bits per heavy atom. The molecule has 5 heteroatoms. The van der Waals surface area contributed by atoms with Crippen LogP contribution in [0.25, 0.3) is 0 Å². The lowest BCUT2D eigenvalue weighted by Crippen LogP contribution is -2.64. The fourth-order valence-corrected chi connectivity index (χ4v) is 1.71. The number of ether oxygens (including phenoxy) is 1. The van der Waals surface area contributed by atoms with Crippen LogP contribution in [0.4, 0.5) is 9.18 Å². The molecular weight excluding hydrogens is 223 g/mol. The van der Waals surface area contributed by atoms with E-state index >= 15 is 0 Å². The summed E-state index contributed by atoms with van der Waals surface area (Å²) < 4.78 is 18.5. The predicted molar refractivity (Wildman–Crippen MR) is 61.1 cm³/mol. The molecule has 17 heavy (non-hydrogen) atoms. The third-order valence-electron chi connectivity index (χ3n) is 2.78. The van der Waals surface area contributed by atoms with Gasteiger partial charge in [0, 0.05) is 6.54 Å². The molecule has 92 valence electrons. The van der Waals surface area contributed by atoms with Crippen LogP contribution in [-0.2, 0) is 11.3 Å². The van der Waals surface area contributed by atoms with E-state index in [0.29, 0.717) is 0 Å². The summed E-state index contributed by atoms with van der Waals surface area (Å²) in [6, 6.07) is 9.35. The van der Waals surface area contributed by atoms with Crippen LogP contribution < -0.4 is 5.73 Å². The summed E-state index contributed by atoms with van der Waals surface area (Å²) in [7, 11) is 0. The highest BCUT2D eigenvalue weighted by Gasteiger charge is 2.45. The predicted octanol–water partition coefficient (Wildman–Crippen LogP) is 1.31. The van der Waals surface area contributed by atoms with Crippen LogP contribution in [0.1, 0.15) is 5.56 Å². The Kier molecular flexibility index (Phi) is 3.28. The molecule has 1 heterocycles. The summed E-state index contributed by atoms with van der Waals surface area (Å²) in [5.74, 6) is 0. The van der Waals surface area contributed by atoms with Crippen molar-refractivity contribution in [2.45, 2.75) is 12.3 Å². The Balaban J connectivity index is 1.76. The molecule has 1 fully saturated rings. The lowest BCUT2D eigenvalue weighted by molar-refractivity contribution is -0.0249. The van der Waals surface area contributed by atoms with E-state index in [-0.39, 0.29) is 26.2 Å². The fraction of sp³-hybridized carbons (Fsp3) is 0.417. The van der Waals surface area contributed by atoms with Crippen molar-refractivity contribution in [2.24, 2.45) is 5.73 Å². The molecule has 0 aromatic heterocycles. The van der Waals surface area contributed by atoms with E-state index in [1.54, 1.807) is 0 Å². The maximum absolute atomic E-state index is 13.4. The molecule has 0 spiro atoms. The molecule has 1 aromatic carbocycles.